The quantitative estimate of drug-likeness (QED) is 0.125. The van der Waals surface area contributed by atoms with E-state index in [4.69, 9.17) is 23.2 Å². The number of anilines is 3. The van der Waals surface area contributed by atoms with Crippen LogP contribution in [0.5, 0.6) is 0 Å². The molecule has 3 aromatic heterocycles. The average molecular weight is 564 g/mol. The van der Waals surface area contributed by atoms with Gasteiger partial charge in [0, 0.05) is 41.5 Å². The molecule has 16 heteroatoms. The van der Waals surface area contributed by atoms with E-state index in [2.05, 4.69) is 40.3 Å². The van der Waals surface area contributed by atoms with Crippen molar-refractivity contribution in [3.05, 3.63) is 69.2 Å². The molecule has 4 aromatic rings. The van der Waals surface area contributed by atoms with E-state index in [1.807, 2.05) is 0 Å². The molecule has 0 radical (unpaired) electrons. The second-order valence-corrected chi connectivity index (χ2v) is 10.2. The van der Waals surface area contributed by atoms with Crippen LogP contribution in [0.25, 0.3) is 22.5 Å². The number of imidazole rings is 1. The minimum absolute atomic E-state index is 0.239. The van der Waals surface area contributed by atoms with Gasteiger partial charge in [0.25, 0.3) is 0 Å². The smallest absolute Gasteiger partial charge is 0.312 e. The minimum Gasteiger partial charge on any atom is -0.368 e. The second kappa shape index (κ2) is 10.9. The highest BCUT2D eigenvalue weighted by Gasteiger charge is 2.19. The lowest BCUT2D eigenvalue weighted by atomic mass is 10.1. The van der Waals surface area contributed by atoms with E-state index in [1.54, 1.807) is 36.9 Å². The van der Waals surface area contributed by atoms with Crippen molar-refractivity contribution in [2.75, 3.05) is 34.7 Å². The van der Waals surface area contributed by atoms with Gasteiger partial charge in [-0.25, -0.2) is 28.4 Å². The van der Waals surface area contributed by atoms with Crippen LogP contribution in [0.15, 0.2) is 49.1 Å². The lowest BCUT2D eigenvalue weighted by molar-refractivity contribution is -0.384. The summed E-state index contributed by atoms with van der Waals surface area (Å²) in [5.41, 5.74) is 2.14. The van der Waals surface area contributed by atoms with E-state index < -0.39 is 20.6 Å². The van der Waals surface area contributed by atoms with Gasteiger partial charge >= 0.3 is 5.69 Å². The zero-order valence-corrected chi connectivity index (χ0v) is 21.4. The molecule has 0 saturated heterocycles. The first-order valence-electron chi connectivity index (χ1n) is 10.5. The maximum Gasteiger partial charge on any atom is 0.312 e. The third-order valence-electron chi connectivity index (χ3n) is 4.83. The maximum absolute atomic E-state index is 11.5. The van der Waals surface area contributed by atoms with E-state index in [1.165, 1.54) is 6.07 Å². The van der Waals surface area contributed by atoms with Crippen LogP contribution in [0, 0.1) is 10.1 Å². The molecule has 0 saturated carbocycles. The van der Waals surface area contributed by atoms with Crippen LogP contribution < -0.4 is 15.4 Å². The first kappa shape index (κ1) is 26.1. The Morgan fingerprint density at radius 3 is 2.51 bits per heavy atom. The number of aromatic nitrogens is 5. The van der Waals surface area contributed by atoms with Crippen molar-refractivity contribution in [2.45, 2.75) is 0 Å². The molecule has 0 fully saturated rings. The maximum atomic E-state index is 11.5. The highest BCUT2D eigenvalue weighted by atomic mass is 35.5. The second-order valence-electron chi connectivity index (χ2n) is 7.59. The molecule has 1 aromatic carbocycles. The largest absolute Gasteiger partial charge is 0.368 e. The van der Waals surface area contributed by atoms with Gasteiger partial charge < -0.3 is 15.6 Å². The Balaban J connectivity index is 1.49. The number of H-pyrrole nitrogens is 1. The predicted molar refractivity (Wildman–Crippen MR) is 141 cm³/mol. The molecule has 37 heavy (non-hydrogen) atoms. The lowest BCUT2D eigenvalue weighted by Gasteiger charge is -2.13. The lowest BCUT2D eigenvalue weighted by Crippen LogP contribution is -2.17. The number of rotatable bonds is 10. The topological polar surface area (TPSA) is 181 Å². The molecule has 4 rings (SSSR count). The number of halogens is 2. The third-order valence-corrected chi connectivity index (χ3v) is 5.94. The van der Waals surface area contributed by atoms with Gasteiger partial charge in [0.05, 0.1) is 40.1 Å². The Morgan fingerprint density at radius 1 is 1.05 bits per heavy atom. The predicted octanol–water partition coefficient (Wildman–Crippen LogP) is 4.04. The molecule has 0 spiro atoms. The molecule has 13 nitrogen and oxygen atoms in total. The fourth-order valence-corrected chi connectivity index (χ4v) is 4.27. The van der Waals surface area contributed by atoms with E-state index >= 15 is 0 Å². The van der Waals surface area contributed by atoms with Gasteiger partial charge in [0.2, 0.25) is 21.8 Å². The number of nitrogens with zero attached hydrogens (tertiary/aromatic N) is 5. The first-order valence-corrected chi connectivity index (χ1v) is 13.2. The van der Waals surface area contributed by atoms with Crippen LogP contribution in [0.1, 0.15) is 0 Å². The van der Waals surface area contributed by atoms with Crippen LogP contribution >= 0.6 is 23.2 Å². The molecule has 0 unspecified atom stereocenters. The summed E-state index contributed by atoms with van der Waals surface area (Å²) in [6, 6.07) is 7.64. The van der Waals surface area contributed by atoms with Crippen molar-refractivity contribution in [2.24, 2.45) is 0 Å². The normalized spacial score (nSPS) is 11.2. The Labute approximate surface area is 220 Å². The molecule has 0 aliphatic rings. The van der Waals surface area contributed by atoms with Crippen molar-refractivity contribution in [3.63, 3.8) is 0 Å². The van der Waals surface area contributed by atoms with Gasteiger partial charge in [0.15, 0.2) is 0 Å². The van der Waals surface area contributed by atoms with Gasteiger partial charge in [-0.3, -0.25) is 14.8 Å². The van der Waals surface area contributed by atoms with Gasteiger partial charge in [-0.15, -0.1) is 0 Å². The monoisotopic (exact) mass is 563 g/mol. The number of hydrogen-bond acceptors (Lipinski definition) is 10. The molecule has 0 aliphatic heterocycles. The van der Waals surface area contributed by atoms with E-state index in [0.29, 0.717) is 51.6 Å². The molecular formula is C21H19Cl2N9O4S. The Morgan fingerprint density at radius 2 is 1.84 bits per heavy atom. The number of aromatic amines is 1. The number of hydrogen-bond donors (Lipinski definition) is 4. The average Bonchev–Trinajstić information content (AvgIpc) is 3.35. The molecule has 4 N–H and O–H groups in total. The number of benzene rings is 1. The summed E-state index contributed by atoms with van der Waals surface area (Å²) in [5, 5.41) is 18.1. The van der Waals surface area contributed by atoms with Gasteiger partial charge in [-0.2, -0.15) is 0 Å². The summed E-state index contributed by atoms with van der Waals surface area (Å²) < 4.78 is 25.1. The zero-order chi connectivity index (χ0) is 26.6. The molecule has 192 valence electrons. The number of nitrogens with one attached hydrogen (secondary N) is 4. The van der Waals surface area contributed by atoms with Crippen molar-refractivity contribution >= 4 is 56.5 Å². The van der Waals surface area contributed by atoms with Gasteiger partial charge in [0.1, 0.15) is 5.82 Å². The Hall–Kier alpha value is -4.01. The van der Waals surface area contributed by atoms with Crippen LogP contribution in [-0.4, -0.2) is 57.6 Å². The van der Waals surface area contributed by atoms with Gasteiger partial charge in [-0.1, -0.05) is 23.2 Å². The standard InChI is InChI=1S/C21H19Cl2N9O4S/c1-37(35,36)31-20-17(32(33)34)4-5-18(29-20)25-6-7-26-21-27-9-14(16-10-24-11-28-16)19(30-21)13-3-2-12(22)8-15(13)23/h2-5,8-11H,6-7H2,1H3,(H,24,28)(H2,25,29,31)(H,26,27,30). The Bertz CT molecular complexity index is 1550. The fourth-order valence-electron chi connectivity index (χ4n) is 3.27. The van der Waals surface area contributed by atoms with Crippen LogP contribution in [0.2, 0.25) is 10.0 Å². The SMILES string of the molecule is CS(=O)(=O)Nc1nc(NCCNc2ncc(-c3cnc[nH]3)c(-c3ccc(Cl)cc3Cl)n2)ccc1[N+](=O)[O-]. The highest BCUT2D eigenvalue weighted by molar-refractivity contribution is 7.92. The summed E-state index contributed by atoms with van der Waals surface area (Å²) in [6.07, 6.45) is 5.71. The summed E-state index contributed by atoms with van der Waals surface area (Å²) in [4.78, 5) is 30.5. The van der Waals surface area contributed by atoms with Crippen molar-refractivity contribution in [1.29, 1.82) is 0 Å². The summed E-state index contributed by atoms with van der Waals surface area (Å²) >= 11 is 12.5. The van der Waals surface area contributed by atoms with Crippen molar-refractivity contribution < 1.29 is 13.3 Å². The summed E-state index contributed by atoms with van der Waals surface area (Å²) in [7, 11) is -3.76. The molecule has 0 bridgehead atoms. The number of sulfonamides is 1. The van der Waals surface area contributed by atoms with Gasteiger partial charge in [-0.05, 0) is 24.3 Å². The zero-order valence-electron chi connectivity index (χ0n) is 19.1. The van der Waals surface area contributed by atoms with Crippen LogP contribution in [0.3, 0.4) is 0 Å². The Kier molecular flexibility index (Phi) is 7.71. The number of nitro groups is 1. The van der Waals surface area contributed by atoms with Crippen LogP contribution in [-0.2, 0) is 10.0 Å². The summed E-state index contributed by atoms with van der Waals surface area (Å²) in [5.74, 6) is 0.178. The third kappa shape index (κ3) is 6.61. The molecule has 0 amide bonds. The number of pyridine rings is 1. The molecule has 0 aliphatic carbocycles. The fraction of sp³-hybridized carbons (Fsp3) is 0.143. The molecule has 0 atom stereocenters. The van der Waals surface area contributed by atoms with E-state index in [-0.39, 0.29) is 11.6 Å². The van der Waals surface area contributed by atoms with Crippen molar-refractivity contribution in [1.82, 2.24) is 24.9 Å². The minimum atomic E-state index is -3.76. The molecular weight excluding hydrogens is 545 g/mol. The van der Waals surface area contributed by atoms with Crippen molar-refractivity contribution in [3.8, 4) is 22.5 Å². The summed E-state index contributed by atoms with van der Waals surface area (Å²) in [6.45, 7) is 0.649. The molecule has 3 heterocycles. The van der Waals surface area contributed by atoms with E-state index in [0.717, 1.165) is 12.3 Å². The van der Waals surface area contributed by atoms with E-state index in [9.17, 15) is 18.5 Å². The van der Waals surface area contributed by atoms with Crippen LogP contribution in [0.4, 0.5) is 23.3 Å². The first-order chi connectivity index (χ1) is 17.6. The highest BCUT2D eigenvalue weighted by Crippen LogP contribution is 2.35.